The molecule has 0 fully saturated rings. The molecule has 6 nitrogen and oxygen atoms in total. The van der Waals surface area contributed by atoms with Gasteiger partial charge in [0.25, 0.3) is 5.69 Å². The van der Waals surface area contributed by atoms with Gasteiger partial charge in [-0.3, -0.25) is 10.1 Å². The normalized spacial score (nSPS) is 22.5. The molecule has 100 valence electrons. The number of nitro groups is 1. The van der Waals surface area contributed by atoms with Crippen LogP contribution in [0.3, 0.4) is 0 Å². The monoisotopic (exact) mass is 261 g/mol. The Morgan fingerprint density at radius 1 is 1.26 bits per heavy atom. The smallest absolute Gasteiger partial charge is 0.317 e. The first-order chi connectivity index (χ1) is 8.97. The molecule has 1 heterocycles. The van der Waals surface area contributed by atoms with E-state index in [-0.39, 0.29) is 11.7 Å². The van der Waals surface area contributed by atoms with Gasteiger partial charge in [-0.2, -0.15) is 0 Å². The molecule has 0 saturated carbocycles. The van der Waals surface area contributed by atoms with E-state index < -0.39 is 4.92 Å². The molecule has 0 saturated heterocycles. The summed E-state index contributed by atoms with van der Waals surface area (Å²) < 4.78 is 5.52. The first-order valence-electron chi connectivity index (χ1n) is 6.02. The molecule has 6 heteroatoms. The number of ether oxygens (including phenoxy) is 1. The summed E-state index contributed by atoms with van der Waals surface area (Å²) in [5, 5.41) is 10.5. The van der Waals surface area contributed by atoms with E-state index in [4.69, 9.17) is 4.74 Å². The standard InChI is InChI=1S/C13H15N3O3/c1-8-9(2)14-13(15-10(8)3)19-12-6-4-11(5-7-12)16(17)18/h4-9H,1-3H3. The highest BCUT2D eigenvalue weighted by Crippen LogP contribution is 2.20. The zero-order valence-electron chi connectivity index (χ0n) is 11.0. The third-order valence-corrected chi connectivity index (χ3v) is 3.23. The molecule has 0 amide bonds. The van der Waals surface area contributed by atoms with Gasteiger partial charge in [0.15, 0.2) is 0 Å². The first-order valence-corrected chi connectivity index (χ1v) is 6.02. The van der Waals surface area contributed by atoms with Crippen molar-refractivity contribution in [1.82, 2.24) is 0 Å². The van der Waals surface area contributed by atoms with Crippen LogP contribution in [-0.2, 0) is 0 Å². The van der Waals surface area contributed by atoms with E-state index in [9.17, 15) is 10.1 Å². The molecule has 2 rings (SSSR count). The molecule has 2 atom stereocenters. The van der Waals surface area contributed by atoms with Gasteiger partial charge in [0, 0.05) is 23.8 Å². The third kappa shape index (κ3) is 2.96. The van der Waals surface area contributed by atoms with Gasteiger partial charge < -0.3 is 4.74 Å². The van der Waals surface area contributed by atoms with Crippen LogP contribution in [-0.4, -0.2) is 22.7 Å². The molecular weight excluding hydrogens is 246 g/mol. The third-order valence-electron chi connectivity index (χ3n) is 3.23. The Morgan fingerprint density at radius 3 is 2.42 bits per heavy atom. The van der Waals surface area contributed by atoms with Crippen LogP contribution < -0.4 is 4.74 Å². The van der Waals surface area contributed by atoms with Crippen molar-refractivity contribution in [1.29, 1.82) is 0 Å². The Bertz CT molecular complexity index is 549. The molecule has 1 aliphatic heterocycles. The topological polar surface area (TPSA) is 77.1 Å². The van der Waals surface area contributed by atoms with Gasteiger partial charge in [-0.25, -0.2) is 9.98 Å². The quantitative estimate of drug-likeness (QED) is 0.606. The predicted octanol–water partition coefficient (Wildman–Crippen LogP) is 2.83. The second-order valence-corrected chi connectivity index (χ2v) is 4.55. The van der Waals surface area contributed by atoms with E-state index in [2.05, 4.69) is 16.9 Å². The molecule has 1 aromatic carbocycles. The molecule has 0 bridgehead atoms. The van der Waals surface area contributed by atoms with Gasteiger partial charge in [0.2, 0.25) is 0 Å². The highest BCUT2D eigenvalue weighted by atomic mass is 16.6. The van der Waals surface area contributed by atoms with Crippen molar-refractivity contribution in [3.8, 4) is 5.75 Å². The maximum absolute atomic E-state index is 10.5. The van der Waals surface area contributed by atoms with E-state index in [1.54, 1.807) is 0 Å². The van der Waals surface area contributed by atoms with E-state index in [1.807, 2.05) is 13.8 Å². The van der Waals surface area contributed by atoms with E-state index in [1.165, 1.54) is 24.3 Å². The second-order valence-electron chi connectivity index (χ2n) is 4.55. The van der Waals surface area contributed by atoms with Crippen LogP contribution >= 0.6 is 0 Å². The fourth-order valence-corrected chi connectivity index (χ4v) is 1.71. The number of hydrogen-bond donors (Lipinski definition) is 0. The number of rotatable bonds is 2. The molecule has 0 N–H and O–H groups in total. The highest BCUT2D eigenvalue weighted by Gasteiger charge is 2.21. The van der Waals surface area contributed by atoms with Crippen LogP contribution in [0, 0.1) is 16.0 Å². The van der Waals surface area contributed by atoms with Crippen molar-refractivity contribution < 1.29 is 9.66 Å². The molecule has 1 aromatic rings. The molecule has 1 aliphatic rings. The lowest BCUT2D eigenvalue weighted by Crippen LogP contribution is -2.28. The molecule has 0 spiro atoms. The van der Waals surface area contributed by atoms with Crippen LogP contribution in [0.2, 0.25) is 0 Å². The van der Waals surface area contributed by atoms with E-state index in [0.29, 0.717) is 17.7 Å². The number of amidine groups is 1. The zero-order chi connectivity index (χ0) is 14.0. The Hall–Kier alpha value is -2.24. The summed E-state index contributed by atoms with van der Waals surface area (Å²) in [6.07, 6.45) is 0. The van der Waals surface area contributed by atoms with Gasteiger partial charge in [-0.05, 0) is 26.0 Å². The molecule has 0 radical (unpaired) electrons. The highest BCUT2D eigenvalue weighted by molar-refractivity contribution is 5.97. The number of hydrogen-bond acceptors (Lipinski definition) is 5. The molecule has 0 aromatic heterocycles. The largest absolute Gasteiger partial charge is 0.425 e. The Morgan fingerprint density at radius 2 is 1.89 bits per heavy atom. The average Bonchev–Trinajstić information content (AvgIpc) is 2.36. The predicted molar refractivity (Wildman–Crippen MR) is 72.9 cm³/mol. The van der Waals surface area contributed by atoms with Crippen molar-refractivity contribution in [3.63, 3.8) is 0 Å². The number of non-ortho nitro benzene ring substituents is 1. The zero-order valence-corrected chi connectivity index (χ0v) is 11.0. The maximum atomic E-state index is 10.5. The SMILES string of the molecule is CC1=NC(Oc2ccc([N+](=O)[O-])cc2)=NC(C)C1C. The fraction of sp³-hybridized carbons (Fsp3) is 0.385. The first kappa shape index (κ1) is 13.2. The molecule has 19 heavy (non-hydrogen) atoms. The van der Waals surface area contributed by atoms with Crippen molar-refractivity contribution in [2.24, 2.45) is 15.9 Å². The van der Waals surface area contributed by atoms with Gasteiger partial charge in [0.1, 0.15) is 5.75 Å². The van der Waals surface area contributed by atoms with Crippen LogP contribution in [0.1, 0.15) is 20.8 Å². The van der Waals surface area contributed by atoms with Crippen molar-refractivity contribution in [2.45, 2.75) is 26.8 Å². The van der Waals surface area contributed by atoms with Gasteiger partial charge in [-0.15, -0.1) is 0 Å². The van der Waals surface area contributed by atoms with Crippen LogP contribution in [0.15, 0.2) is 34.3 Å². The van der Waals surface area contributed by atoms with Crippen molar-refractivity contribution in [3.05, 3.63) is 34.4 Å². The second kappa shape index (κ2) is 5.17. The molecule has 0 aliphatic carbocycles. The van der Waals surface area contributed by atoms with Gasteiger partial charge >= 0.3 is 6.02 Å². The van der Waals surface area contributed by atoms with Crippen LogP contribution in [0.25, 0.3) is 0 Å². The fourth-order valence-electron chi connectivity index (χ4n) is 1.71. The van der Waals surface area contributed by atoms with E-state index >= 15 is 0 Å². The van der Waals surface area contributed by atoms with E-state index in [0.717, 1.165) is 5.71 Å². The summed E-state index contributed by atoms with van der Waals surface area (Å²) in [4.78, 5) is 18.7. The summed E-state index contributed by atoms with van der Waals surface area (Å²) in [6, 6.07) is 6.27. The van der Waals surface area contributed by atoms with Crippen molar-refractivity contribution >= 4 is 17.4 Å². The summed E-state index contributed by atoms with van der Waals surface area (Å²) in [5.41, 5.74) is 0.999. The summed E-state index contributed by atoms with van der Waals surface area (Å²) in [5.74, 6) is 0.784. The van der Waals surface area contributed by atoms with Gasteiger partial charge in [-0.1, -0.05) is 6.92 Å². The lowest BCUT2D eigenvalue weighted by Gasteiger charge is -2.21. The maximum Gasteiger partial charge on any atom is 0.317 e. The Kier molecular flexibility index (Phi) is 3.59. The van der Waals surface area contributed by atoms with Crippen LogP contribution in [0.4, 0.5) is 5.69 Å². The molecular formula is C13H15N3O3. The number of benzene rings is 1. The van der Waals surface area contributed by atoms with Gasteiger partial charge in [0.05, 0.1) is 11.0 Å². The van der Waals surface area contributed by atoms with Crippen molar-refractivity contribution in [2.75, 3.05) is 0 Å². The lowest BCUT2D eigenvalue weighted by molar-refractivity contribution is -0.384. The average molecular weight is 261 g/mol. The molecule has 2 unspecified atom stereocenters. The minimum Gasteiger partial charge on any atom is -0.425 e. The summed E-state index contributed by atoms with van der Waals surface area (Å²) >= 11 is 0. The van der Waals surface area contributed by atoms with Crippen LogP contribution in [0.5, 0.6) is 5.75 Å². The summed E-state index contributed by atoms with van der Waals surface area (Å²) in [7, 11) is 0. The number of aliphatic imine (C=N–C) groups is 2. The Balaban J connectivity index is 2.14. The number of nitrogens with zero attached hydrogens (tertiary/aromatic N) is 3. The summed E-state index contributed by atoms with van der Waals surface area (Å²) in [6.45, 7) is 6.01. The minimum absolute atomic E-state index is 0.0274. The Labute approximate surface area is 111 Å². The lowest BCUT2D eigenvalue weighted by atomic mass is 9.98. The minimum atomic E-state index is -0.450. The number of nitro benzene ring substituents is 1.